The first-order valence-electron chi connectivity index (χ1n) is 7.88. The van der Waals surface area contributed by atoms with E-state index in [1.54, 1.807) is 6.07 Å². The smallest absolute Gasteiger partial charge is 0.312 e. The van der Waals surface area contributed by atoms with E-state index in [-0.39, 0.29) is 11.3 Å². The van der Waals surface area contributed by atoms with Crippen molar-refractivity contribution >= 4 is 9.73 Å². The molecule has 0 radical (unpaired) electrons. The van der Waals surface area contributed by atoms with E-state index in [4.69, 9.17) is 15.3 Å². The summed E-state index contributed by atoms with van der Waals surface area (Å²) in [6.07, 6.45) is -3.41. The number of fused-ring (bicyclic) bond motifs is 1. The SMILES string of the molecule is CS(=O)(=NC#N)c1ccc(Oc2cc(F)cc(C#N)c2)c2c1[C@H](O)C(F)(F)[C@@H]2F. The topological polar surface area (TPSA) is 106 Å². The Kier molecular flexibility index (Phi) is 4.99. The van der Waals surface area contributed by atoms with Crippen LogP contribution in [0, 0.1) is 28.6 Å². The summed E-state index contributed by atoms with van der Waals surface area (Å²) in [6, 6.07) is 6.57. The second-order valence-electron chi connectivity index (χ2n) is 6.21. The fourth-order valence-corrected chi connectivity index (χ4v) is 4.23. The van der Waals surface area contributed by atoms with Crippen molar-refractivity contribution in [1.82, 2.24) is 0 Å². The molecular formula is C18H11F4N3O3S. The van der Waals surface area contributed by atoms with Crippen molar-refractivity contribution in [2.75, 3.05) is 6.26 Å². The van der Waals surface area contributed by atoms with Gasteiger partial charge in [-0.15, -0.1) is 4.36 Å². The molecule has 3 rings (SSSR count). The van der Waals surface area contributed by atoms with Gasteiger partial charge in [-0.1, -0.05) is 0 Å². The average Bonchev–Trinajstić information content (AvgIpc) is 2.82. The van der Waals surface area contributed by atoms with E-state index in [1.165, 1.54) is 6.19 Å². The number of ether oxygens (including phenoxy) is 1. The van der Waals surface area contributed by atoms with Crippen LogP contribution in [0.15, 0.2) is 39.6 Å². The lowest BCUT2D eigenvalue weighted by molar-refractivity contribution is -0.143. The molecule has 6 nitrogen and oxygen atoms in total. The molecule has 1 N–H and O–H groups in total. The molecule has 150 valence electrons. The third kappa shape index (κ3) is 3.39. The molecule has 2 aromatic rings. The number of hydrogen-bond acceptors (Lipinski definition) is 6. The molecule has 0 aliphatic heterocycles. The predicted octanol–water partition coefficient (Wildman–Crippen LogP) is 4.12. The molecule has 1 aliphatic rings. The van der Waals surface area contributed by atoms with Gasteiger partial charge in [0.1, 0.15) is 23.4 Å². The molecule has 0 bridgehead atoms. The van der Waals surface area contributed by atoms with Crippen LogP contribution in [0.3, 0.4) is 0 Å². The van der Waals surface area contributed by atoms with Crippen LogP contribution in [-0.4, -0.2) is 21.5 Å². The minimum absolute atomic E-state index is 0.125. The summed E-state index contributed by atoms with van der Waals surface area (Å²) in [4.78, 5) is -0.439. The van der Waals surface area contributed by atoms with E-state index < -0.39 is 55.5 Å². The molecular weight excluding hydrogens is 414 g/mol. The first kappa shape index (κ1) is 20.6. The van der Waals surface area contributed by atoms with Crippen LogP contribution in [-0.2, 0) is 9.73 Å². The summed E-state index contributed by atoms with van der Waals surface area (Å²) in [6.45, 7) is 0. The van der Waals surface area contributed by atoms with E-state index in [0.29, 0.717) is 0 Å². The second-order valence-corrected chi connectivity index (χ2v) is 8.44. The lowest BCUT2D eigenvalue weighted by atomic mass is 10.1. The van der Waals surface area contributed by atoms with Crippen LogP contribution >= 0.6 is 0 Å². The van der Waals surface area contributed by atoms with Gasteiger partial charge in [0.2, 0.25) is 6.19 Å². The Morgan fingerprint density at radius 2 is 1.93 bits per heavy atom. The molecule has 0 saturated carbocycles. The van der Waals surface area contributed by atoms with E-state index >= 15 is 0 Å². The molecule has 0 fully saturated rings. The summed E-state index contributed by atoms with van der Waals surface area (Å²) < 4.78 is 77.7. The van der Waals surface area contributed by atoms with Crippen LogP contribution in [0.1, 0.15) is 29.0 Å². The van der Waals surface area contributed by atoms with Crippen LogP contribution in [0.5, 0.6) is 11.5 Å². The summed E-state index contributed by atoms with van der Waals surface area (Å²) in [5.41, 5.74) is -1.62. The number of aliphatic hydroxyl groups is 1. The zero-order valence-corrected chi connectivity index (χ0v) is 15.4. The van der Waals surface area contributed by atoms with Gasteiger partial charge in [0.25, 0.3) is 0 Å². The van der Waals surface area contributed by atoms with Crippen molar-refractivity contribution in [2.24, 2.45) is 4.36 Å². The monoisotopic (exact) mass is 425 g/mol. The molecule has 2 aromatic carbocycles. The van der Waals surface area contributed by atoms with Gasteiger partial charge in [-0.2, -0.15) is 19.3 Å². The van der Waals surface area contributed by atoms with Crippen molar-refractivity contribution in [1.29, 1.82) is 10.5 Å². The van der Waals surface area contributed by atoms with Gasteiger partial charge in [0, 0.05) is 23.4 Å². The quantitative estimate of drug-likeness (QED) is 0.588. The van der Waals surface area contributed by atoms with Crippen LogP contribution in [0.25, 0.3) is 0 Å². The molecule has 0 aromatic heterocycles. The highest BCUT2D eigenvalue weighted by atomic mass is 32.2. The molecule has 0 saturated heterocycles. The number of rotatable bonds is 3. The number of hydrogen-bond donors (Lipinski definition) is 1. The molecule has 3 atom stereocenters. The fraction of sp³-hybridized carbons (Fsp3) is 0.222. The largest absolute Gasteiger partial charge is 0.457 e. The highest BCUT2D eigenvalue weighted by Gasteiger charge is 2.58. The van der Waals surface area contributed by atoms with Gasteiger partial charge >= 0.3 is 5.92 Å². The Balaban J connectivity index is 2.25. The lowest BCUT2D eigenvalue weighted by Crippen LogP contribution is -2.24. The minimum atomic E-state index is -4.27. The lowest BCUT2D eigenvalue weighted by Gasteiger charge is -2.16. The Morgan fingerprint density at radius 3 is 2.55 bits per heavy atom. The third-order valence-corrected chi connectivity index (χ3v) is 5.89. The van der Waals surface area contributed by atoms with Crippen molar-refractivity contribution in [3.05, 3.63) is 52.8 Å². The Bertz CT molecular complexity index is 1210. The first-order valence-corrected chi connectivity index (χ1v) is 9.80. The van der Waals surface area contributed by atoms with Gasteiger partial charge in [-0.25, -0.2) is 13.0 Å². The minimum Gasteiger partial charge on any atom is -0.457 e. The van der Waals surface area contributed by atoms with Gasteiger partial charge < -0.3 is 9.84 Å². The first-order chi connectivity index (χ1) is 13.5. The van der Waals surface area contributed by atoms with Crippen molar-refractivity contribution < 1.29 is 31.6 Å². The maximum atomic E-state index is 14.6. The Labute approximate surface area is 162 Å². The zero-order chi connectivity index (χ0) is 21.6. The van der Waals surface area contributed by atoms with Crippen molar-refractivity contribution in [2.45, 2.75) is 23.1 Å². The maximum Gasteiger partial charge on any atom is 0.312 e. The zero-order valence-electron chi connectivity index (χ0n) is 14.6. The van der Waals surface area contributed by atoms with Gasteiger partial charge in [-0.3, -0.25) is 0 Å². The molecule has 1 aliphatic carbocycles. The summed E-state index contributed by atoms with van der Waals surface area (Å²) in [5.74, 6) is -5.88. The van der Waals surface area contributed by atoms with Crippen molar-refractivity contribution in [3.63, 3.8) is 0 Å². The fourth-order valence-electron chi connectivity index (χ4n) is 3.02. The summed E-state index contributed by atoms with van der Waals surface area (Å²) >= 11 is 0. The van der Waals surface area contributed by atoms with E-state index in [2.05, 4.69) is 4.36 Å². The van der Waals surface area contributed by atoms with Gasteiger partial charge in [0.15, 0.2) is 6.17 Å². The highest BCUT2D eigenvalue weighted by Crippen LogP contribution is 2.57. The number of halogens is 4. The molecule has 29 heavy (non-hydrogen) atoms. The maximum absolute atomic E-state index is 14.6. The standard InChI is InChI=1S/C18H11F4N3O3S/c1-29(27,25-8-24)13-3-2-12(14-15(13)17(26)18(21,22)16(14)20)28-11-5-9(7-23)4-10(19)6-11/h2-6,16-17,26H,1H3/t16-,17+,29?/m1/s1. The molecule has 1 unspecified atom stereocenters. The number of nitrogens with zero attached hydrogens (tertiary/aromatic N) is 3. The van der Waals surface area contributed by atoms with E-state index in [1.807, 2.05) is 0 Å². The molecule has 0 spiro atoms. The van der Waals surface area contributed by atoms with Crippen molar-refractivity contribution in [3.8, 4) is 23.8 Å². The number of aliphatic hydroxyl groups excluding tert-OH is 1. The van der Waals surface area contributed by atoms with E-state index in [9.17, 15) is 26.9 Å². The van der Waals surface area contributed by atoms with Gasteiger partial charge in [0.05, 0.1) is 26.3 Å². The van der Waals surface area contributed by atoms with Crippen LogP contribution < -0.4 is 4.74 Å². The number of nitriles is 2. The second kappa shape index (κ2) is 7.03. The number of alkyl halides is 3. The predicted molar refractivity (Wildman–Crippen MR) is 91.8 cm³/mol. The van der Waals surface area contributed by atoms with Gasteiger partial charge in [-0.05, 0) is 24.3 Å². The average molecular weight is 425 g/mol. The Hall–Kier alpha value is -3.15. The molecule has 0 amide bonds. The molecule has 11 heteroatoms. The summed E-state index contributed by atoms with van der Waals surface area (Å²) in [5, 5.41) is 27.6. The van der Waals surface area contributed by atoms with Crippen LogP contribution in [0.4, 0.5) is 17.6 Å². The van der Waals surface area contributed by atoms with E-state index in [0.717, 1.165) is 36.6 Å². The number of benzene rings is 2. The summed E-state index contributed by atoms with van der Waals surface area (Å²) in [7, 11) is -3.55. The molecule has 0 heterocycles. The highest BCUT2D eigenvalue weighted by molar-refractivity contribution is 7.93. The third-order valence-electron chi connectivity index (χ3n) is 4.29. The Morgan fingerprint density at radius 1 is 1.24 bits per heavy atom. The normalized spacial score (nSPS) is 21.4. The van der Waals surface area contributed by atoms with Crippen LogP contribution in [0.2, 0.25) is 0 Å².